The molecule has 0 saturated heterocycles. The minimum atomic E-state index is -0.787. The summed E-state index contributed by atoms with van der Waals surface area (Å²) in [6.07, 6.45) is 1.03. The normalized spacial score (nSPS) is 15.8. The smallest absolute Gasteiger partial charge is 0.343 e. The number of hydrogen-bond acceptors (Lipinski definition) is 9. The molecule has 3 aromatic rings. The van der Waals surface area contributed by atoms with Crippen LogP contribution in [0.3, 0.4) is 0 Å². The van der Waals surface area contributed by atoms with E-state index in [1.807, 2.05) is 0 Å². The van der Waals surface area contributed by atoms with Gasteiger partial charge in [-0.05, 0) is 47.9 Å². The first kappa shape index (κ1) is 31.1. The molecule has 0 fully saturated rings. The van der Waals surface area contributed by atoms with E-state index in [-0.39, 0.29) is 51.1 Å². The molecule has 224 valence electrons. The van der Waals surface area contributed by atoms with Crippen LogP contribution in [-0.2, 0) is 12.8 Å². The van der Waals surface area contributed by atoms with Gasteiger partial charge < -0.3 is 28.4 Å². The van der Waals surface area contributed by atoms with Crippen LogP contribution in [0.1, 0.15) is 35.3 Å². The van der Waals surface area contributed by atoms with Crippen molar-refractivity contribution in [3.8, 4) is 45.6 Å². The first-order valence-corrected chi connectivity index (χ1v) is 13.7. The van der Waals surface area contributed by atoms with Crippen LogP contribution < -0.4 is 28.4 Å². The molecule has 0 bridgehead atoms. The Labute approximate surface area is 253 Å². The number of nitro groups is 1. The number of benzene rings is 3. The van der Waals surface area contributed by atoms with Crippen molar-refractivity contribution in [3.05, 3.63) is 61.1 Å². The fourth-order valence-corrected chi connectivity index (χ4v) is 5.93. The first-order chi connectivity index (χ1) is 20.0. The SMILES string of the molecule is COc1c(Cl)c2c(c(OC)c1OC)-c1c(c(Cl)c(OC)c(OC)c1OC(=O)c1ccc([N+](=O)[O-])cc1)CC(C)C(C)C2. The molecule has 12 heteroatoms. The lowest BCUT2D eigenvalue weighted by Gasteiger charge is -2.32. The minimum Gasteiger partial charge on any atom is -0.492 e. The molecule has 0 aliphatic heterocycles. The molecule has 0 spiro atoms. The van der Waals surface area contributed by atoms with Crippen molar-refractivity contribution >= 4 is 34.9 Å². The average molecular weight is 620 g/mol. The van der Waals surface area contributed by atoms with Gasteiger partial charge in [0, 0.05) is 23.3 Å². The third-order valence-corrected chi connectivity index (χ3v) is 8.41. The number of hydrogen-bond donors (Lipinski definition) is 0. The maximum atomic E-state index is 13.5. The number of fused-ring (bicyclic) bond motifs is 3. The van der Waals surface area contributed by atoms with Gasteiger partial charge in [-0.1, -0.05) is 37.0 Å². The molecule has 0 heterocycles. The van der Waals surface area contributed by atoms with Gasteiger partial charge >= 0.3 is 5.97 Å². The molecular formula is C30H31Cl2NO9. The summed E-state index contributed by atoms with van der Waals surface area (Å²) >= 11 is 14.0. The molecule has 42 heavy (non-hydrogen) atoms. The van der Waals surface area contributed by atoms with E-state index < -0.39 is 10.9 Å². The lowest BCUT2D eigenvalue weighted by Crippen LogP contribution is -2.20. The number of esters is 1. The highest BCUT2D eigenvalue weighted by molar-refractivity contribution is 6.35. The van der Waals surface area contributed by atoms with Crippen molar-refractivity contribution < 1.29 is 38.1 Å². The molecule has 4 rings (SSSR count). The quantitative estimate of drug-likeness (QED) is 0.112. The predicted molar refractivity (Wildman–Crippen MR) is 158 cm³/mol. The largest absolute Gasteiger partial charge is 0.492 e. The Morgan fingerprint density at radius 1 is 0.714 bits per heavy atom. The number of carbonyl (C=O) groups excluding carboxylic acids is 1. The second-order valence-corrected chi connectivity index (χ2v) is 10.6. The van der Waals surface area contributed by atoms with Crippen molar-refractivity contribution in [1.29, 1.82) is 0 Å². The maximum Gasteiger partial charge on any atom is 0.343 e. The number of nitrogens with zero attached hydrogens (tertiary/aromatic N) is 1. The maximum absolute atomic E-state index is 13.5. The number of rotatable bonds is 8. The first-order valence-electron chi connectivity index (χ1n) is 13.0. The zero-order chi connectivity index (χ0) is 30.9. The summed E-state index contributed by atoms with van der Waals surface area (Å²) in [4.78, 5) is 24.1. The molecule has 2 atom stereocenters. The number of non-ortho nitro benzene ring substituents is 1. The summed E-state index contributed by atoms with van der Waals surface area (Å²) in [6.45, 7) is 4.21. The molecule has 0 N–H and O–H groups in total. The number of carbonyl (C=O) groups is 1. The molecule has 0 amide bonds. The van der Waals surface area contributed by atoms with Crippen LogP contribution in [0.2, 0.25) is 10.0 Å². The molecular weight excluding hydrogens is 589 g/mol. The number of nitro benzene ring substituents is 1. The Balaban J connectivity index is 2.14. The second-order valence-electron chi connectivity index (χ2n) is 9.89. The Kier molecular flexibility index (Phi) is 9.27. The molecule has 0 aromatic heterocycles. The Morgan fingerprint density at radius 2 is 1.12 bits per heavy atom. The van der Waals surface area contributed by atoms with Crippen LogP contribution in [0.15, 0.2) is 24.3 Å². The van der Waals surface area contributed by atoms with Gasteiger partial charge in [0.25, 0.3) is 5.69 Å². The van der Waals surface area contributed by atoms with Gasteiger partial charge in [-0.25, -0.2) is 4.79 Å². The summed E-state index contributed by atoms with van der Waals surface area (Å²) < 4.78 is 34.7. The van der Waals surface area contributed by atoms with Crippen LogP contribution in [-0.4, -0.2) is 46.4 Å². The minimum absolute atomic E-state index is 0.0155. The highest BCUT2D eigenvalue weighted by atomic mass is 35.5. The van der Waals surface area contributed by atoms with E-state index in [1.54, 1.807) is 0 Å². The van der Waals surface area contributed by atoms with E-state index in [2.05, 4.69) is 13.8 Å². The topological polar surface area (TPSA) is 116 Å². The summed E-state index contributed by atoms with van der Waals surface area (Å²) in [5.74, 6) is 0.573. The fraction of sp³-hybridized carbons (Fsp3) is 0.367. The van der Waals surface area contributed by atoms with Gasteiger partial charge in [0.2, 0.25) is 11.5 Å². The van der Waals surface area contributed by atoms with Crippen LogP contribution in [0.5, 0.6) is 34.5 Å². The molecule has 10 nitrogen and oxygen atoms in total. The van der Waals surface area contributed by atoms with Crippen molar-refractivity contribution in [2.75, 3.05) is 35.5 Å². The lowest BCUT2D eigenvalue weighted by molar-refractivity contribution is -0.384. The highest BCUT2D eigenvalue weighted by Crippen LogP contribution is 2.60. The van der Waals surface area contributed by atoms with E-state index in [0.29, 0.717) is 51.6 Å². The number of ether oxygens (including phenoxy) is 6. The van der Waals surface area contributed by atoms with Crippen molar-refractivity contribution in [1.82, 2.24) is 0 Å². The van der Waals surface area contributed by atoms with Crippen molar-refractivity contribution in [2.45, 2.75) is 26.7 Å². The van der Waals surface area contributed by atoms with Crippen LogP contribution in [0.4, 0.5) is 5.69 Å². The second kappa shape index (κ2) is 12.5. The van der Waals surface area contributed by atoms with Gasteiger partial charge in [0.15, 0.2) is 23.0 Å². The van der Waals surface area contributed by atoms with Gasteiger partial charge in [0.1, 0.15) is 0 Å². The number of methoxy groups -OCH3 is 5. The van der Waals surface area contributed by atoms with Crippen molar-refractivity contribution in [2.24, 2.45) is 11.8 Å². The van der Waals surface area contributed by atoms with Gasteiger partial charge in [-0.3, -0.25) is 10.1 Å². The summed E-state index contributed by atoms with van der Waals surface area (Å²) in [5.41, 5.74) is 2.14. The molecule has 0 radical (unpaired) electrons. The lowest BCUT2D eigenvalue weighted by atomic mass is 9.77. The third kappa shape index (κ3) is 5.25. The Hall–Kier alpha value is -3.89. The molecule has 1 aliphatic rings. The van der Waals surface area contributed by atoms with Gasteiger partial charge in [-0.15, -0.1) is 0 Å². The predicted octanol–water partition coefficient (Wildman–Crippen LogP) is 7.20. The fourth-order valence-electron chi connectivity index (χ4n) is 5.26. The van der Waals surface area contributed by atoms with Crippen LogP contribution in [0.25, 0.3) is 11.1 Å². The van der Waals surface area contributed by atoms with E-state index in [4.69, 9.17) is 51.6 Å². The summed E-state index contributed by atoms with van der Waals surface area (Å²) in [7, 11) is 7.28. The molecule has 1 aliphatic carbocycles. The Bertz CT molecular complexity index is 1540. The van der Waals surface area contributed by atoms with E-state index in [9.17, 15) is 14.9 Å². The van der Waals surface area contributed by atoms with Gasteiger partial charge in [0.05, 0.1) is 56.1 Å². The van der Waals surface area contributed by atoms with Crippen LogP contribution in [0, 0.1) is 22.0 Å². The standard InChI is InChI=1S/C30H31Cl2NO9/c1-14-12-18-20(24(37-3)28(40-6)26(38-4)22(18)31)21-19(13-15(14)2)23(32)27(39-5)29(41-7)25(21)42-30(34)16-8-10-17(11-9-16)33(35)36/h8-11,14-15H,12-13H2,1-7H3. The van der Waals surface area contributed by atoms with Gasteiger partial charge in [-0.2, -0.15) is 0 Å². The van der Waals surface area contributed by atoms with Crippen LogP contribution >= 0.6 is 23.2 Å². The zero-order valence-corrected chi connectivity index (χ0v) is 25.8. The summed E-state index contributed by atoms with van der Waals surface area (Å²) in [5, 5.41) is 11.7. The monoisotopic (exact) mass is 619 g/mol. The summed E-state index contributed by atoms with van der Waals surface area (Å²) in [6, 6.07) is 5.07. The van der Waals surface area contributed by atoms with E-state index in [1.165, 1.54) is 59.8 Å². The molecule has 2 unspecified atom stereocenters. The molecule has 0 saturated carbocycles. The van der Waals surface area contributed by atoms with E-state index in [0.717, 1.165) is 0 Å². The third-order valence-electron chi connectivity index (χ3n) is 7.61. The van der Waals surface area contributed by atoms with E-state index >= 15 is 0 Å². The highest BCUT2D eigenvalue weighted by Gasteiger charge is 2.38. The Morgan fingerprint density at radius 3 is 1.52 bits per heavy atom. The zero-order valence-electron chi connectivity index (χ0n) is 24.3. The van der Waals surface area contributed by atoms with Crippen molar-refractivity contribution in [3.63, 3.8) is 0 Å². The molecule has 3 aromatic carbocycles. The average Bonchev–Trinajstić information content (AvgIpc) is 2.98. The number of halogens is 2.